The quantitative estimate of drug-likeness (QED) is 0.769. The molecule has 1 aromatic heterocycles. The lowest BCUT2D eigenvalue weighted by Crippen LogP contribution is -2.37. The number of ether oxygens (including phenoxy) is 1. The second kappa shape index (κ2) is 7.21. The fraction of sp³-hybridized carbons (Fsp3) is 0.429. The van der Waals surface area contributed by atoms with Crippen molar-refractivity contribution < 1.29 is 9.53 Å². The smallest absolute Gasteiger partial charge is 0.248 e. The van der Waals surface area contributed by atoms with Gasteiger partial charge < -0.3 is 15.4 Å². The van der Waals surface area contributed by atoms with E-state index in [1.165, 1.54) is 0 Å². The summed E-state index contributed by atoms with van der Waals surface area (Å²) in [6, 6.07) is 8.01. The van der Waals surface area contributed by atoms with Gasteiger partial charge in [0.1, 0.15) is 6.10 Å². The molecule has 6 heteroatoms. The number of nitrogens with zero attached hydrogens (tertiary/aromatic N) is 1. The highest BCUT2D eigenvalue weighted by molar-refractivity contribution is 7.22. The molecule has 0 spiro atoms. The molecular formula is C14H19N3O2S. The maximum absolute atomic E-state index is 11.6. The van der Waals surface area contributed by atoms with Gasteiger partial charge in [0.05, 0.1) is 10.2 Å². The SMILES string of the molecule is CCO[C@H](C)C(=O)NCCNc1nc2ccccc2s1. The second-order valence-electron chi connectivity index (χ2n) is 4.30. The normalized spacial score (nSPS) is 12.3. The number of fused-ring (bicyclic) bond motifs is 1. The molecule has 108 valence electrons. The zero-order valence-corrected chi connectivity index (χ0v) is 12.5. The lowest BCUT2D eigenvalue weighted by Gasteiger charge is -2.11. The Balaban J connectivity index is 1.74. The molecule has 0 bridgehead atoms. The average molecular weight is 293 g/mol. The number of hydrogen-bond acceptors (Lipinski definition) is 5. The van der Waals surface area contributed by atoms with Gasteiger partial charge in [-0.3, -0.25) is 4.79 Å². The van der Waals surface area contributed by atoms with E-state index >= 15 is 0 Å². The molecule has 0 fully saturated rings. The highest BCUT2D eigenvalue weighted by Crippen LogP contribution is 2.24. The predicted molar refractivity (Wildman–Crippen MR) is 82.2 cm³/mol. The van der Waals surface area contributed by atoms with E-state index < -0.39 is 6.10 Å². The minimum atomic E-state index is -0.401. The van der Waals surface area contributed by atoms with Crippen molar-refractivity contribution in [2.24, 2.45) is 0 Å². The van der Waals surface area contributed by atoms with Gasteiger partial charge in [-0.15, -0.1) is 0 Å². The maximum atomic E-state index is 11.6. The van der Waals surface area contributed by atoms with Crippen LogP contribution < -0.4 is 10.6 Å². The molecule has 2 rings (SSSR count). The Morgan fingerprint density at radius 2 is 2.20 bits per heavy atom. The van der Waals surface area contributed by atoms with Crippen molar-refractivity contribution >= 4 is 32.6 Å². The first kappa shape index (κ1) is 14.7. The summed E-state index contributed by atoms with van der Waals surface area (Å²) < 4.78 is 6.37. The third-order valence-electron chi connectivity index (χ3n) is 2.78. The first-order valence-corrected chi connectivity index (χ1v) is 7.51. The number of thiazole rings is 1. The number of hydrogen-bond donors (Lipinski definition) is 2. The maximum Gasteiger partial charge on any atom is 0.248 e. The van der Waals surface area contributed by atoms with Crippen molar-refractivity contribution in [1.29, 1.82) is 0 Å². The van der Waals surface area contributed by atoms with Crippen LogP contribution in [0.1, 0.15) is 13.8 Å². The zero-order chi connectivity index (χ0) is 14.4. The second-order valence-corrected chi connectivity index (χ2v) is 5.33. The number of benzene rings is 1. The van der Waals surface area contributed by atoms with E-state index in [1.54, 1.807) is 18.3 Å². The van der Waals surface area contributed by atoms with Crippen LogP contribution in [0.2, 0.25) is 0 Å². The van der Waals surface area contributed by atoms with Crippen LogP contribution in [-0.2, 0) is 9.53 Å². The summed E-state index contributed by atoms with van der Waals surface area (Å²) in [5.41, 5.74) is 0.994. The van der Waals surface area contributed by atoms with E-state index in [2.05, 4.69) is 15.6 Å². The number of nitrogens with one attached hydrogen (secondary N) is 2. The number of amides is 1. The summed E-state index contributed by atoms with van der Waals surface area (Å²) in [6.45, 7) is 5.35. The molecule has 1 heterocycles. The fourth-order valence-corrected chi connectivity index (χ4v) is 2.66. The Morgan fingerprint density at radius 1 is 1.40 bits per heavy atom. The van der Waals surface area contributed by atoms with Gasteiger partial charge in [0, 0.05) is 19.7 Å². The Morgan fingerprint density at radius 3 is 2.95 bits per heavy atom. The molecular weight excluding hydrogens is 274 g/mol. The monoisotopic (exact) mass is 293 g/mol. The van der Waals surface area contributed by atoms with E-state index in [4.69, 9.17) is 4.74 Å². The Kier molecular flexibility index (Phi) is 5.31. The molecule has 20 heavy (non-hydrogen) atoms. The van der Waals surface area contributed by atoms with Gasteiger partial charge in [-0.2, -0.15) is 0 Å². The molecule has 0 aliphatic rings. The summed E-state index contributed by atoms with van der Waals surface area (Å²) >= 11 is 1.61. The minimum absolute atomic E-state index is 0.0852. The van der Waals surface area contributed by atoms with Gasteiger partial charge in [0.15, 0.2) is 5.13 Å². The Hall–Kier alpha value is -1.66. The molecule has 2 aromatic rings. The van der Waals surface area contributed by atoms with Crippen LogP contribution in [0.25, 0.3) is 10.2 Å². The van der Waals surface area contributed by atoms with Gasteiger partial charge in [-0.25, -0.2) is 4.98 Å². The molecule has 0 saturated carbocycles. The number of anilines is 1. The fourth-order valence-electron chi connectivity index (χ4n) is 1.77. The number of carbonyl (C=O) groups is 1. The molecule has 0 aliphatic carbocycles. The molecule has 1 aromatic carbocycles. The topological polar surface area (TPSA) is 63.2 Å². The highest BCUT2D eigenvalue weighted by atomic mass is 32.1. The first-order chi connectivity index (χ1) is 9.70. The standard InChI is InChI=1S/C14H19N3O2S/c1-3-19-10(2)13(18)15-8-9-16-14-17-11-6-4-5-7-12(11)20-14/h4-7,10H,3,8-9H2,1-2H3,(H,15,18)(H,16,17)/t10-/m1/s1. The Bertz CT molecular complexity index is 537. The number of carbonyl (C=O) groups excluding carboxylic acids is 1. The molecule has 0 saturated heterocycles. The van der Waals surface area contributed by atoms with Crippen molar-refractivity contribution in [1.82, 2.24) is 10.3 Å². The van der Waals surface area contributed by atoms with E-state index in [0.29, 0.717) is 19.7 Å². The summed E-state index contributed by atoms with van der Waals surface area (Å²) in [5, 5.41) is 6.91. The predicted octanol–water partition coefficient (Wildman–Crippen LogP) is 2.25. The molecule has 0 radical (unpaired) electrons. The molecule has 1 amide bonds. The lowest BCUT2D eigenvalue weighted by atomic mass is 10.3. The molecule has 5 nitrogen and oxygen atoms in total. The number of rotatable bonds is 7. The summed E-state index contributed by atoms with van der Waals surface area (Å²) in [7, 11) is 0. The van der Waals surface area contributed by atoms with Gasteiger partial charge >= 0.3 is 0 Å². The van der Waals surface area contributed by atoms with Gasteiger partial charge in [0.2, 0.25) is 5.91 Å². The van der Waals surface area contributed by atoms with Crippen LogP contribution in [0.3, 0.4) is 0 Å². The zero-order valence-electron chi connectivity index (χ0n) is 11.7. The van der Waals surface area contributed by atoms with Crippen molar-refractivity contribution in [2.75, 3.05) is 25.0 Å². The molecule has 0 aliphatic heterocycles. The summed E-state index contributed by atoms with van der Waals surface area (Å²) in [6.07, 6.45) is -0.401. The van der Waals surface area contributed by atoms with E-state index in [0.717, 1.165) is 15.3 Å². The van der Waals surface area contributed by atoms with Crippen molar-refractivity contribution in [3.8, 4) is 0 Å². The number of aromatic nitrogens is 1. The summed E-state index contributed by atoms with van der Waals surface area (Å²) in [5.74, 6) is -0.0852. The molecule has 2 N–H and O–H groups in total. The van der Waals surface area contributed by atoms with Gasteiger partial charge in [-0.05, 0) is 26.0 Å². The third kappa shape index (κ3) is 3.91. The van der Waals surface area contributed by atoms with E-state index in [9.17, 15) is 4.79 Å². The van der Waals surface area contributed by atoms with Gasteiger partial charge in [-0.1, -0.05) is 23.5 Å². The van der Waals surface area contributed by atoms with Gasteiger partial charge in [0.25, 0.3) is 0 Å². The van der Waals surface area contributed by atoms with Crippen LogP contribution >= 0.6 is 11.3 Å². The first-order valence-electron chi connectivity index (χ1n) is 6.69. The van der Waals surface area contributed by atoms with Crippen LogP contribution in [0.5, 0.6) is 0 Å². The third-order valence-corrected chi connectivity index (χ3v) is 3.77. The summed E-state index contributed by atoms with van der Waals surface area (Å²) in [4.78, 5) is 16.1. The van der Waals surface area contributed by atoms with Crippen molar-refractivity contribution in [3.63, 3.8) is 0 Å². The average Bonchev–Trinajstić information content (AvgIpc) is 2.86. The van der Waals surface area contributed by atoms with Crippen LogP contribution in [0.4, 0.5) is 5.13 Å². The molecule has 0 unspecified atom stereocenters. The molecule has 1 atom stereocenters. The van der Waals surface area contributed by atoms with Crippen molar-refractivity contribution in [2.45, 2.75) is 20.0 Å². The van der Waals surface area contributed by atoms with E-state index in [1.807, 2.05) is 31.2 Å². The minimum Gasteiger partial charge on any atom is -0.369 e. The van der Waals surface area contributed by atoms with Crippen LogP contribution in [-0.4, -0.2) is 36.7 Å². The number of para-hydroxylation sites is 1. The van der Waals surface area contributed by atoms with Crippen molar-refractivity contribution in [3.05, 3.63) is 24.3 Å². The largest absolute Gasteiger partial charge is 0.369 e. The Labute approximate surface area is 122 Å². The van der Waals surface area contributed by atoms with E-state index in [-0.39, 0.29) is 5.91 Å². The van der Waals surface area contributed by atoms with Crippen LogP contribution in [0.15, 0.2) is 24.3 Å². The van der Waals surface area contributed by atoms with Crippen LogP contribution in [0, 0.1) is 0 Å². The highest BCUT2D eigenvalue weighted by Gasteiger charge is 2.11. The lowest BCUT2D eigenvalue weighted by molar-refractivity contribution is -0.131.